The zero-order chi connectivity index (χ0) is 77.3. The van der Waals surface area contributed by atoms with Crippen LogP contribution in [-0.2, 0) is 52.1 Å². The first-order chi connectivity index (χ1) is 55.2. The minimum atomic E-state index is -0.102. The van der Waals surface area contributed by atoms with E-state index in [4.69, 9.17) is 34.8 Å². The largest absolute Gasteiger partial charge is 0.343 e. The number of para-hydroxylation sites is 3. The maximum Gasteiger partial charge on any atom is 0.219 e. The third-order valence-corrected chi connectivity index (χ3v) is 26.6. The lowest BCUT2D eigenvalue weighted by molar-refractivity contribution is -0.130. The fourth-order valence-electron chi connectivity index (χ4n) is 20.2. The summed E-state index contributed by atoms with van der Waals surface area (Å²) in [6.45, 7) is 10.7. The van der Waals surface area contributed by atoms with E-state index in [2.05, 4.69) is 271 Å². The van der Waals surface area contributed by atoms with Gasteiger partial charge in [-0.15, -0.1) is 40.8 Å². The average molecular weight is 1640 g/mol. The van der Waals surface area contributed by atoms with Crippen molar-refractivity contribution in [2.45, 2.75) is 177 Å². The summed E-state index contributed by atoms with van der Waals surface area (Å²) in [4.78, 5) is 23.5. The molecule has 0 atom stereocenters. The molecule has 1 saturated heterocycles. The fourth-order valence-corrected chi connectivity index (χ4v) is 21.2. The minimum absolute atomic E-state index is 0.0125. The summed E-state index contributed by atoms with van der Waals surface area (Å²) in [6, 6.07) is 57.2. The Morgan fingerprint density at radius 1 is 0.372 bits per heavy atom. The molecule has 20 rings (SSSR count). The summed E-state index contributed by atoms with van der Waals surface area (Å²) in [5, 5.41) is 60.3. The van der Waals surface area contributed by atoms with Crippen LogP contribution in [0.5, 0.6) is 0 Å². The number of anilines is 8. The van der Waals surface area contributed by atoms with Gasteiger partial charge >= 0.3 is 0 Å². The highest BCUT2D eigenvalue weighted by molar-refractivity contribution is 9.10. The molecule has 0 radical (unpaired) electrons. The Hall–Kier alpha value is -9.94. The third-order valence-electron chi connectivity index (χ3n) is 25.4. The van der Waals surface area contributed by atoms with E-state index in [1.165, 1.54) is 179 Å². The molecule has 12 aromatic rings. The van der Waals surface area contributed by atoms with Crippen molar-refractivity contribution in [3.63, 3.8) is 0 Å². The van der Waals surface area contributed by atoms with E-state index in [1.807, 2.05) is 23.1 Å². The van der Waals surface area contributed by atoms with Crippen LogP contribution in [0.1, 0.15) is 195 Å². The van der Waals surface area contributed by atoms with Crippen LogP contribution in [-0.4, -0.2) is 133 Å². The number of H-pyrrole nitrogens is 4. The van der Waals surface area contributed by atoms with Gasteiger partial charge in [-0.25, -0.2) is 0 Å². The van der Waals surface area contributed by atoms with Gasteiger partial charge in [0.25, 0.3) is 0 Å². The molecule has 3 saturated carbocycles. The van der Waals surface area contributed by atoms with E-state index in [1.54, 1.807) is 6.92 Å². The van der Waals surface area contributed by atoms with E-state index >= 15 is 0 Å². The van der Waals surface area contributed by atoms with Gasteiger partial charge in [-0.2, -0.15) is 20.9 Å². The molecule has 8 aromatic carbocycles. The Kier molecular flexibility index (Phi) is 21.8. The lowest BCUT2D eigenvalue weighted by Crippen LogP contribution is -2.47. The summed E-state index contributed by atoms with van der Waals surface area (Å²) in [6.07, 6.45) is 23.4. The van der Waals surface area contributed by atoms with Crippen molar-refractivity contribution in [3.8, 4) is 0 Å². The van der Waals surface area contributed by atoms with Crippen LogP contribution in [0.25, 0.3) is 0 Å². The molecule has 0 unspecified atom stereocenters. The lowest BCUT2D eigenvalue weighted by atomic mass is 9.62. The van der Waals surface area contributed by atoms with Crippen LogP contribution in [0.4, 0.5) is 45.5 Å². The van der Waals surface area contributed by atoms with Crippen LogP contribution < -0.4 is 19.6 Å². The van der Waals surface area contributed by atoms with Crippen molar-refractivity contribution in [2.24, 2.45) is 0 Å². The van der Waals surface area contributed by atoms with Gasteiger partial charge in [0, 0.05) is 148 Å². The van der Waals surface area contributed by atoms with Crippen molar-refractivity contribution in [2.75, 3.05) is 58.9 Å². The van der Waals surface area contributed by atoms with E-state index in [0.29, 0.717) is 24.5 Å². The summed E-state index contributed by atoms with van der Waals surface area (Å²) in [5.41, 5.74) is 23.9. The van der Waals surface area contributed by atoms with Crippen LogP contribution in [0.3, 0.4) is 0 Å². The van der Waals surface area contributed by atoms with Gasteiger partial charge in [0.2, 0.25) is 5.91 Å². The summed E-state index contributed by atoms with van der Waals surface area (Å²) < 4.78 is 1.08. The molecule has 22 nitrogen and oxygen atoms in total. The number of aryl methyl sites for hydroxylation is 2. The maximum atomic E-state index is 12.0. The zero-order valence-corrected chi connectivity index (χ0v) is 68.0. The van der Waals surface area contributed by atoms with E-state index < -0.39 is 0 Å². The first-order valence-corrected chi connectivity index (χ1v) is 42.0. The van der Waals surface area contributed by atoms with Gasteiger partial charge in [0.1, 0.15) is 0 Å². The number of likely N-dealkylation sites (tertiary alicyclic amines) is 1. The summed E-state index contributed by atoms with van der Waals surface area (Å²) in [7, 11) is 0. The highest BCUT2D eigenvalue weighted by Gasteiger charge is 2.49. The molecule has 8 aliphatic rings. The number of aromatic nitrogens is 16. The van der Waals surface area contributed by atoms with Gasteiger partial charge in [0.05, 0.1) is 10.7 Å². The molecular formula is C87H93BrCl3N21O. The van der Waals surface area contributed by atoms with E-state index in [-0.39, 0.29) is 27.6 Å². The van der Waals surface area contributed by atoms with Crippen molar-refractivity contribution in [1.29, 1.82) is 0 Å². The Bertz CT molecular complexity index is 5120. The molecule has 4 spiro atoms. The van der Waals surface area contributed by atoms with Crippen LogP contribution in [0.15, 0.2) is 162 Å². The standard InChI is InChI=1S/C23H25BrN6O.C22H24ClN5.C21H21Cl2N5.C21H23N5/c1-15-3-5-20-18(13-15)23(8-11-29(12-9-23)16(2)31)19-14-17(24)4-6-21(19)30(20)10-7-22-25-27-28-26-22;1-15-5-7-19-17(13-15)22(10-3-2-4-11-22)18-14-16(23)6-8-20(18)28(19)12-9-21-24-26-27-25-21;22-14-7-8-18-16(13-14)21(10-2-1-3-11-21)15-5-4-6-17(23)20(15)28(18)12-9-19-24-26-27-25-19;1-6-13-21(14-7-1)16-8-2-4-10-18(16)26(15-12-20-22-24-25-23-20)19-11-5-3-9-17(19)21/h3-6,13-14H,7-12H2,1-2H3,(H,25,26,27,28);5-8,13-14H,2-4,9-12H2,1H3,(H,24,25,26,27);4-8,13H,1-3,9-12H2,(H,24,25,26,27);2-5,8-11H,1,6-7,12-15H2,(H,22,23,24,25). The van der Waals surface area contributed by atoms with Crippen LogP contribution in [0.2, 0.25) is 15.1 Å². The van der Waals surface area contributed by atoms with Crippen molar-refractivity contribution < 1.29 is 4.79 Å². The zero-order valence-electron chi connectivity index (χ0n) is 64.1. The van der Waals surface area contributed by atoms with Gasteiger partial charge in [-0.3, -0.25) is 4.79 Å². The number of hydrogen-bond donors (Lipinski definition) is 4. The molecule has 26 heteroatoms. The number of carbonyl (C=O) groups is 1. The average Bonchev–Trinajstić information content (AvgIpc) is 1.25. The lowest BCUT2D eigenvalue weighted by Gasteiger charge is -2.49. The summed E-state index contributed by atoms with van der Waals surface area (Å²) >= 11 is 23.4. The van der Waals surface area contributed by atoms with Crippen LogP contribution in [0, 0.1) is 13.8 Å². The second kappa shape index (κ2) is 32.5. The molecule has 4 aromatic heterocycles. The predicted molar refractivity (Wildman–Crippen MR) is 447 cm³/mol. The van der Waals surface area contributed by atoms with Crippen molar-refractivity contribution in [1.82, 2.24) is 87.4 Å². The number of hydrogen-bond acceptors (Lipinski definition) is 17. The number of fused-ring (bicyclic) bond motifs is 16. The van der Waals surface area contributed by atoms with Gasteiger partial charge in [-0.1, -0.05) is 213 Å². The number of tetrazole rings is 4. The monoisotopic (exact) mass is 1630 g/mol. The fraction of sp³-hybridized carbons (Fsp3) is 0.391. The second-order valence-electron chi connectivity index (χ2n) is 31.6. The topological polar surface area (TPSA) is 251 Å². The Morgan fingerprint density at radius 2 is 0.708 bits per heavy atom. The number of benzene rings is 8. The molecule has 580 valence electrons. The molecule has 3 aliphatic carbocycles. The number of amides is 1. The Morgan fingerprint density at radius 3 is 1.12 bits per heavy atom. The first kappa shape index (κ1) is 75.7. The third kappa shape index (κ3) is 14.5. The number of carbonyl (C=O) groups excluding carboxylic acids is 1. The first-order valence-electron chi connectivity index (χ1n) is 40.1. The maximum absolute atomic E-state index is 12.0. The molecule has 9 heterocycles. The SMILES string of the molecule is CC(=O)N1CCC2(CC1)c1cc(C)ccc1N(CCc1nn[nH]n1)c1ccc(Br)cc12.Cc1ccc2c(c1)C1(CCCCC1)c1cc(Cl)ccc1N2CCc1nn[nH]n1.Clc1ccc2c(c1)C1(CCCCC1)c1cccc(Cl)c1N2CCc1nn[nH]n1.c1ccc2c(c1)N(CCc1nn[nH]n1)c1ccccc1C21CCCCC1. The molecule has 1 amide bonds. The summed E-state index contributed by atoms with van der Waals surface area (Å²) in [5.74, 6) is 3.07. The number of nitrogens with one attached hydrogen (secondary N) is 4. The van der Waals surface area contributed by atoms with Gasteiger partial charge < -0.3 is 24.5 Å². The molecule has 4 fully saturated rings. The number of halogens is 4. The van der Waals surface area contributed by atoms with E-state index in [0.717, 1.165) is 115 Å². The molecule has 4 N–H and O–H groups in total. The smallest absolute Gasteiger partial charge is 0.219 e. The predicted octanol–water partition coefficient (Wildman–Crippen LogP) is 18.6. The molecular weight excluding hydrogens is 1540 g/mol. The molecule has 5 aliphatic heterocycles. The Labute approximate surface area is 682 Å². The number of nitrogens with zero attached hydrogens (tertiary/aromatic N) is 17. The quantitative estimate of drug-likeness (QED) is 0.0887. The number of aromatic amines is 4. The number of rotatable bonds is 12. The highest BCUT2D eigenvalue weighted by Crippen LogP contribution is 2.61. The van der Waals surface area contributed by atoms with Crippen molar-refractivity contribution >= 4 is 102 Å². The molecule has 0 bridgehead atoms. The van der Waals surface area contributed by atoms with Gasteiger partial charge in [-0.05, 0) is 195 Å². The normalized spacial score (nSPS) is 17.4. The number of piperidine rings is 1. The molecule has 113 heavy (non-hydrogen) atoms. The minimum Gasteiger partial charge on any atom is -0.343 e. The Balaban J connectivity index is 0.000000109. The van der Waals surface area contributed by atoms with E-state index in [9.17, 15) is 4.79 Å². The second-order valence-corrected chi connectivity index (χ2v) is 33.8. The van der Waals surface area contributed by atoms with Gasteiger partial charge in [0.15, 0.2) is 23.3 Å². The van der Waals surface area contributed by atoms with Crippen LogP contribution >= 0.6 is 50.7 Å². The highest BCUT2D eigenvalue weighted by atomic mass is 79.9. The van der Waals surface area contributed by atoms with Crippen molar-refractivity contribution in [3.05, 3.63) is 256 Å².